The SMILES string of the molecule is Cc1nn(-c2ccccc2)c(C)c1[C@@H]1C(=O)NCCN1C(=O)Nc1ccc([N+](=O)[O-])cc1. The summed E-state index contributed by atoms with van der Waals surface area (Å²) < 4.78 is 1.76. The molecule has 3 aromatic rings. The van der Waals surface area contributed by atoms with Crippen molar-refractivity contribution in [3.8, 4) is 5.69 Å². The number of hydrogen-bond acceptors (Lipinski definition) is 5. The zero-order chi connectivity index (χ0) is 22.8. The van der Waals surface area contributed by atoms with Gasteiger partial charge in [0.2, 0.25) is 5.91 Å². The lowest BCUT2D eigenvalue weighted by Gasteiger charge is -2.35. The van der Waals surface area contributed by atoms with Crippen LogP contribution in [0.2, 0.25) is 0 Å². The number of amides is 3. The van der Waals surface area contributed by atoms with Crippen LogP contribution in [0.25, 0.3) is 5.69 Å². The number of nitro groups is 1. The van der Waals surface area contributed by atoms with E-state index in [1.807, 2.05) is 44.2 Å². The average molecular weight is 434 g/mol. The number of non-ortho nitro benzene ring substituents is 1. The molecule has 1 fully saturated rings. The van der Waals surface area contributed by atoms with Crippen molar-refractivity contribution >= 4 is 23.3 Å². The molecule has 0 spiro atoms. The van der Waals surface area contributed by atoms with Gasteiger partial charge in [-0.1, -0.05) is 18.2 Å². The van der Waals surface area contributed by atoms with Crippen molar-refractivity contribution in [1.82, 2.24) is 20.0 Å². The molecule has 32 heavy (non-hydrogen) atoms. The lowest BCUT2D eigenvalue weighted by Crippen LogP contribution is -2.53. The third-order valence-electron chi connectivity index (χ3n) is 5.42. The summed E-state index contributed by atoms with van der Waals surface area (Å²) in [7, 11) is 0. The monoisotopic (exact) mass is 434 g/mol. The van der Waals surface area contributed by atoms with E-state index < -0.39 is 17.0 Å². The van der Waals surface area contributed by atoms with E-state index >= 15 is 0 Å². The predicted molar refractivity (Wildman–Crippen MR) is 118 cm³/mol. The third kappa shape index (κ3) is 3.89. The van der Waals surface area contributed by atoms with Crippen molar-refractivity contribution in [3.63, 3.8) is 0 Å². The van der Waals surface area contributed by atoms with Crippen LogP contribution in [0, 0.1) is 24.0 Å². The fourth-order valence-corrected chi connectivity index (χ4v) is 3.91. The van der Waals surface area contributed by atoms with Crippen LogP contribution in [0.5, 0.6) is 0 Å². The van der Waals surface area contributed by atoms with Crippen molar-refractivity contribution < 1.29 is 14.5 Å². The largest absolute Gasteiger partial charge is 0.352 e. The first-order valence-electron chi connectivity index (χ1n) is 10.1. The number of nitrogens with one attached hydrogen (secondary N) is 2. The van der Waals surface area contributed by atoms with Crippen LogP contribution < -0.4 is 10.6 Å². The maximum absolute atomic E-state index is 13.1. The molecule has 164 valence electrons. The van der Waals surface area contributed by atoms with Gasteiger partial charge in [0.15, 0.2) is 0 Å². The molecule has 1 aliphatic rings. The summed E-state index contributed by atoms with van der Waals surface area (Å²) in [5.41, 5.74) is 3.28. The number of hydrogen-bond donors (Lipinski definition) is 2. The van der Waals surface area contributed by atoms with Gasteiger partial charge >= 0.3 is 6.03 Å². The minimum Gasteiger partial charge on any atom is -0.352 e. The molecule has 1 aromatic heterocycles. The van der Waals surface area contributed by atoms with Crippen LogP contribution >= 0.6 is 0 Å². The fraction of sp³-hybridized carbons (Fsp3) is 0.227. The minimum absolute atomic E-state index is 0.0715. The van der Waals surface area contributed by atoms with Crippen LogP contribution in [0.3, 0.4) is 0 Å². The average Bonchev–Trinajstić information content (AvgIpc) is 3.08. The lowest BCUT2D eigenvalue weighted by molar-refractivity contribution is -0.384. The van der Waals surface area contributed by atoms with Gasteiger partial charge in [-0.2, -0.15) is 5.10 Å². The first kappa shape index (κ1) is 21.0. The maximum Gasteiger partial charge on any atom is 0.322 e. The normalized spacial score (nSPS) is 15.9. The van der Waals surface area contributed by atoms with Gasteiger partial charge < -0.3 is 15.5 Å². The molecule has 3 amide bonds. The van der Waals surface area contributed by atoms with E-state index in [0.29, 0.717) is 30.0 Å². The number of anilines is 1. The van der Waals surface area contributed by atoms with E-state index in [-0.39, 0.29) is 11.6 Å². The first-order chi connectivity index (χ1) is 15.4. The highest BCUT2D eigenvalue weighted by molar-refractivity contribution is 5.95. The quantitative estimate of drug-likeness (QED) is 0.483. The van der Waals surface area contributed by atoms with Gasteiger partial charge in [0.1, 0.15) is 6.04 Å². The summed E-state index contributed by atoms with van der Waals surface area (Å²) in [4.78, 5) is 37.8. The molecule has 10 heteroatoms. The van der Waals surface area contributed by atoms with E-state index in [9.17, 15) is 19.7 Å². The number of urea groups is 1. The maximum atomic E-state index is 13.1. The van der Waals surface area contributed by atoms with Crippen molar-refractivity contribution in [1.29, 1.82) is 0 Å². The van der Waals surface area contributed by atoms with Crippen molar-refractivity contribution in [2.45, 2.75) is 19.9 Å². The predicted octanol–water partition coefficient (Wildman–Crippen LogP) is 3.10. The number of piperazine rings is 1. The zero-order valence-corrected chi connectivity index (χ0v) is 17.6. The van der Waals surface area contributed by atoms with Gasteiger partial charge in [-0.3, -0.25) is 14.9 Å². The Labute approximate surface area is 184 Å². The van der Waals surface area contributed by atoms with Gasteiger partial charge in [0.25, 0.3) is 5.69 Å². The summed E-state index contributed by atoms with van der Waals surface area (Å²) >= 11 is 0. The van der Waals surface area contributed by atoms with Gasteiger partial charge in [-0.05, 0) is 38.1 Å². The van der Waals surface area contributed by atoms with Gasteiger partial charge in [-0.15, -0.1) is 0 Å². The van der Waals surface area contributed by atoms with Crippen molar-refractivity contribution in [2.24, 2.45) is 0 Å². The number of rotatable bonds is 4. The molecule has 0 saturated carbocycles. The molecule has 2 N–H and O–H groups in total. The van der Waals surface area contributed by atoms with E-state index in [2.05, 4.69) is 15.7 Å². The van der Waals surface area contributed by atoms with E-state index in [1.165, 1.54) is 29.2 Å². The first-order valence-corrected chi connectivity index (χ1v) is 10.1. The Morgan fingerprint density at radius 2 is 1.84 bits per heavy atom. The second kappa shape index (κ2) is 8.50. The van der Waals surface area contributed by atoms with Crippen molar-refractivity contribution in [3.05, 3.63) is 81.7 Å². The number of aryl methyl sites for hydroxylation is 1. The number of nitrogens with zero attached hydrogens (tertiary/aromatic N) is 4. The molecule has 0 unspecified atom stereocenters. The molecule has 0 aliphatic carbocycles. The summed E-state index contributed by atoms with van der Waals surface area (Å²) in [5.74, 6) is -0.283. The Morgan fingerprint density at radius 1 is 1.16 bits per heavy atom. The number of carbonyl (C=O) groups is 2. The Kier molecular flexibility index (Phi) is 5.59. The highest BCUT2D eigenvalue weighted by atomic mass is 16.6. The Morgan fingerprint density at radius 3 is 2.50 bits per heavy atom. The molecular formula is C22H22N6O4. The van der Waals surface area contributed by atoms with E-state index in [1.54, 1.807) is 4.68 Å². The molecule has 2 heterocycles. The van der Waals surface area contributed by atoms with Gasteiger partial charge in [0, 0.05) is 42.2 Å². The fourth-order valence-electron chi connectivity index (χ4n) is 3.91. The summed E-state index contributed by atoms with van der Waals surface area (Å²) in [6, 6.07) is 13.8. The highest BCUT2D eigenvalue weighted by Gasteiger charge is 2.38. The second-order valence-corrected chi connectivity index (χ2v) is 7.45. The molecule has 10 nitrogen and oxygen atoms in total. The molecule has 1 atom stereocenters. The number of aromatic nitrogens is 2. The zero-order valence-electron chi connectivity index (χ0n) is 17.6. The van der Waals surface area contributed by atoms with Crippen LogP contribution in [0.4, 0.5) is 16.2 Å². The summed E-state index contributed by atoms with van der Waals surface area (Å²) in [6.45, 7) is 4.32. The lowest BCUT2D eigenvalue weighted by atomic mass is 10.0. The van der Waals surface area contributed by atoms with Crippen LogP contribution in [-0.4, -0.2) is 44.6 Å². The van der Waals surface area contributed by atoms with E-state index in [0.717, 1.165) is 11.4 Å². The van der Waals surface area contributed by atoms with Gasteiger partial charge in [-0.25, -0.2) is 9.48 Å². The van der Waals surface area contributed by atoms with Gasteiger partial charge in [0.05, 0.1) is 16.3 Å². The molecule has 2 aromatic carbocycles. The number of para-hydroxylation sites is 1. The molecule has 0 radical (unpaired) electrons. The molecule has 1 saturated heterocycles. The van der Waals surface area contributed by atoms with E-state index in [4.69, 9.17) is 0 Å². The number of carbonyl (C=O) groups excluding carboxylic acids is 2. The van der Waals surface area contributed by atoms with Crippen molar-refractivity contribution in [2.75, 3.05) is 18.4 Å². The molecule has 4 rings (SSSR count). The van der Waals surface area contributed by atoms with Crippen LogP contribution in [0.15, 0.2) is 54.6 Å². The molecule has 1 aliphatic heterocycles. The topological polar surface area (TPSA) is 122 Å². The summed E-state index contributed by atoms with van der Waals surface area (Å²) in [6.07, 6.45) is 0. The molecule has 0 bridgehead atoms. The standard InChI is InChI=1S/C22H22N6O4/c1-14-19(15(2)27(25-14)17-6-4-3-5-7-17)20-21(29)23-12-13-26(20)22(30)24-16-8-10-18(11-9-16)28(31)32/h3-11,20H,12-13H2,1-2H3,(H,23,29)(H,24,30)/t20-/m1/s1. The van der Waals surface area contributed by atoms with Crippen LogP contribution in [-0.2, 0) is 4.79 Å². The smallest absolute Gasteiger partial charge is 0.322 e. The third-order valence-corrected chi connectivity index (χ3v) is 5.42. The Balaban J connectivity index is 1.65. The number of benzene rings is 2. The highest BCUT2D eigenvalue weighted by Crippen LogP contribution is 2.31. The minimum atomic E-state index is -0.848. The Bertz CT molecular complexity index is 1170. The number of nitro benzene ring substituents is 1. The summed E-state index contributed by atoms with van der Waals surface area (Å²) in [5, 5.41) is 21.0. The second-order valence-electron chi connectivity index (χ2n) is 7.45. The molecular weight excluding hydrogens is 412 g/mol. The Hall–Kier alpha value is -4.21. The van der Waals surface area contributed by atoms with Crippen LogP contribution in [0.1, 0.15) is 23.0 Å².